The van der Waals surface area contributed by atoms with Gasteiger partial charge in [-0.05, 0) is 18.6 Å². The second-order valence-electron chi connectivity index (χ2n) is 10.8. The normalized spacial score (nSPS) is 12.8. The number of hydrogen-bond acceptors (Lipinski definition) is 13. The van der Waals surface area contributed by atoms with Gasteiger partial charge in [0.1, 0.15) is 0 Å². The van der Waals surface area contributed by atoms with Crippen molar-refractivity contribution in [3.8, 4) is 0 Å². The van der Waals surface area contributed by atoms with Gasteiger partial charge in [-0.15, -0.1) is 0 Å². The van der Waals surface area contributed by atoms with Gasteiger partial charge in [-0.3, -0.25) is 14.5 Å². The molecule has 1 aliphatic rings. The van der Waals surface area contributed by atoms with E-state index in [9.17, 15) is 9.59 Å². The summed E-state index contributed by atoms with van der Waals surface area (Å²) in [7, 11) is 0. The number of amides is 2. The Hall–Kier alpha value is -2.08. The van der Waals surface area contributed by atoms with Crippen LogP contribution in [0.25, 0.3) is 0 Å². The van der Waals surface area contributed by atoms with E-state index in [1.165, 1.54) is 17.7 Å². The molecule has 0 bridgehead atoms. The van der Waals surface area contributed by atoms with Gasteiger partial charge in [-0.2, -0.15) is 0 Å². The maximum absolute atomic E-state index is 12.3. The van der Waals surface area contributed by atoms with Crippen LogP contribution in [0.1, 0.15) is 46.9 Å². The lowest BCUT2D eigenvalue weighted by Gasteiger charge is -2.13. The molecule has 0 N–H and O–H groups in total. The summed E-state index contributed by atoms with van der Waals surface area (Å²) in [5, 5.41) is 0. The number of unbranched alkanes of at least 4 members (excludes halogenated alkanes) is 2. The molecule has 0 unspecified atom stereocenters. The Balaban J connectivity index is 1.17. The fraction of sp³-hybridized carbons (Fsp3) is 0.771. The molecule has 0 spiro atoms. The molecule has 1 aromatic rings. The van der Waals surface area contributed by atoms with Gasteiger partial charge in [0.25, 0.3) is 11.8 Å². The fourth-order valence-corrected chi connectivity index (χ4v) is 4.35. The Morgan fingerprint density at radius 2 is 0.653 bits per heavy atom. The van der Waals surface area contributed by atoms with E-state index in [1.807, 2.05) is 0 Å². The average molecular weight is 702 g/mol. The van der Waals surface area contributed by atoms with Crippen LogP contribution < -0.4 is 0 Å². The van der Waals surface area contributed by atoms with Crippen molar-refractivity contribution in [2.45, 2.75) is 26.2 Å². The first-order valence-corrected chi connectivity index (χ1v) is 17.6. The summed E-state index contributed by atoms with van der Waals surface area (Å²) in [6, 6.07) is 6.82. The first-order valence-electron chi connectivity index (χ1n) is 17.6. The van der Waals surface area contributed by atoms with Crippen LogP contribution in [0.2, 0.25) is 0 Å². The fourth-order valence-electron chi connectivity index (χ4n) is 4.35. The number of ether oxygens (including phenoxy) is 11. The van der Waals surface area contributed by atoms with E-state index >= 15 is 0 Å². The van der Waals surface area contributed by atoms with Gasteiger partial charge >= 0.3 is 0 Å². The van der Waals surface area contributed by atoms with Gasteiger partial charge < -0.3 is 52.1 Å². The summed E-state index contributed by atoms with van der Waals surface area (Å²) in [6.07, 6.45) is 3.53. The largest absolute Gasteiger partial charge is 0.379 e. The third-order valence-electron chi connectivity index (χ3n) is 6.95. The van der Waals surface area contributed by atoms with Crippen LogP contribution in [0.15, 0.2) is 24.3 Å². The lowest BCUT2D eigenvalue weighted by atomic mass is 10.1. The van der Waals surface area contributed by atoms with Crippen LogP contribution in [-0.2, 0) is 52.1 Å². The molecule has 2 amide bonds. The van der Waals surface area contributed by atoms with E-state index in [-0.39, 0.29) is 25.0 Å². The minimum atomic E-state index is -0.277. The molecular weight excluding hydrogens is 642 g/mol. The summed E-state index contributed by atoms with van der Waals surface area (Å²) in [5.74, 6) is -0.553. The minimum absolute atomic E-state index is 0.215. The number of carbonyl (C=O) groups is 2. The molecule has 0 fully saturated rings. The van der Waals surface area contributed by atoms with Gasteiger partial charge in [0, 0.05) is 6.61 Å². The molecule has 0 saturated heterocycles. The van der Waals surface area contributed by atoms with Crippen molar-refractivity contribution in [3.05, 3.63) is 35.4 Å². The van der Waals surface area contributed by atoms with Crippen LogP contribution in [0, 0.1) is 0 Å². The SMILES string of the molecule is CCCCCOCCOCCOCCOCCOCCOCCOCCOCCOCCOCCOCCN1C(=O)c2ccccc2C1=O. The molecule has 14 nitrogen and oxygen atoms in total. The molecule has 2 rings (SSSR count). The number of benzene rings is 1. The zero-order chi connectivity index (χ0) is 34.9. The van der Waals surface area contributed by atoms with E-state index in [0.29, 0.717) is 143 Å². The predicted molar refractivity (Wildman–Crippen MR) is 180 cm³/mol. The lowest BCUT2D eigenvalue weighted by molar-refractivity contribution is -0.0276. The number of carbonyl (C=O) groups excluding carboxylic acids is 2. The van der Waals surface area contributed by atoms with E-state index in [2.05, 4.69) is 6.92 Å². The molecule has 1 aliphatic heterocycles. The molecule has 0 radical (unpaired) electrons. The molecule has 1 aromatic carbocycles. The first kappa shape index (κ1) is 43.1. The Labute approximate surface area is 291 Å². The third-order valence-corrected chi connectivity index (χ3v) is 6.95. The highest BCUT2D eigenvalue weighted by molar-refractivity contribution is 6.21. The van der Waals surface area contributed by atoms with Crippen molar-refractivity contribution in [2.24, 2.45) is 0 Å². The molecular formula is C35H59NO13. The number of fused-ring (bicyclic) bond motifs is 1. The van der Waals surface area contributed by atoms with Gasteiger partial charge in [-0.1, -0.05) is 31.9 Å². The zero-order valence-corrected chi connectivity index (χ0v) is 29.4. The molecule has 14 heteroatoms. The Morgan fingerprint density at radius 3 is 0.939 bits per heavy atom. The third kappa shape index (κ3) is 22.4. The van der Waals surface area contributed by atoms with Crippen molar-refractivity contribution < 1.29 is 61.7 Å². The second kappa shape index (κ2) is 31.9. The molecule has 282 valence electrons. The van der Waals surface area contributed by atoms with Crippen molar-refractivity contribution in [2.75, 3.05) is 152 Å². The Morgan fingerprint density at radius 1 is 0.388 bits per heavy atom. The van der Waals surface area contributed by atoms with Crippen molar-refractivity contribution in [1.29, 1.82) is 0 Å². The number of rotatable bonds is 37. The quantitative estimate of drug-likeness (QED) is 0.0743. The molecule has 49 heavy (non-hydrogen) atoms. The molecule has 1 heterocycles. The second-order valence-corrected chi connectivity index (χ2v) is 10.8. The van der Waals surface area contributed by atoms with E-state index in [1.54, 1.807) is 24.3 Å². The van der Waals surface area contributed by atoms with Crippen molar-refractivity contribution in [3.63, 3.8) is 0 Å². The maximum atomic E-state index is 12.3. The van der Waals surface area contributed by atoms with Crippen LogP contribution in [0.5, 0.6) is 0 Å². The van der Waals surface area contributed by atoms with Gasteiger partial charge in [0.2, 0.25) is 0 Å². The Bertz CT molecular complexity index is 904. The van der Waals surface area contributed by atoms with Gasteiger partial charge in [0.05, 0.1) is 156 Å². The highest BCUT2D eigenvalue weighted by atomic mass is 16.6. The number of hydrogen-bond donors (Lipinski definition) is 0. The van der Waals surface area contributed by atoms with Crippen LogP contribution in [0.3, 0.4) is 0 Å². The summed E-state index contributed by atoms with van der Waals surface area (Å²) in [6.45, 7) is 13.4. The van der Waals surface area contributed by atoms with Gasteiger partial charge in [-0.25, -0.2) is 0 Å². The molecule has 0 atom stereocenters. The summed E-state index contributed by atoms with van der Waals surface area (Å²) < 4.78 is 60.2. The number of imide groups is 1. The molecule has 0 aromatic heterocycles. The van der Waals surface area contributed by atoms with Crippen LogP contribution in [-0.4, -0.2) is 169 Å². The van der Waals surface area contributed by atoms with Gasteiger partial charge in [0.15, 0.2) is 0 Å². The van der Waals surface area contributed by atoms with Crippen molar-refractivity contribution in [1.82, 2.24) is 4.90 Å². The average Bonchev–Trinajstić information content (AvgIpc) is 3.36. The summed E-state index contributed by atoms with van der Waals surface area (Å²) in [4.78, 5) is 25.8. The standard InChI is InChI=1S/C35H59NO13/c1-2-3-6-10-39-12-14-41-16-18-43-20-22-45-24-26-47-28-30-49-31-29-48-27-25-46-23-21-44-19-17-42-15-13-40-11-9-36-34(37)32-7-4-5-8-33(32)35(36)38/h4-5,7-8H,2-3,6,9-31H2,1H3. The summed E-state index contributed by atoms with van der Waals surface area (Å²) in [5.41, 5.74) is 0.886. The first-order chi connectivity index (χ1) is 24.3. The van der Waals surface area contributed by atoms with Crippen LogP contribution in [0.4, 0.5) is 0 Å². The number of nitrogens with zero attached hydrogens (tertiary/aromatic N) is 1. The summed E-state index contributed by atoms with van der Waals surface area (Å²) >= 11 is 0. The maximum Gasteiger partial charge on any atom is 0.261 e. The monoisotopic (exact) mass is 701 g/mol. The Kier molecular flexibility index (Phi) is 28.0. The predicted octanol–water partition coefficient (Wildman–Crippen LogP) is 2.66. The lowest BCUT2D eigenvalue weighted by Crippen LogP contribution is -2.33. The molecule has 0 saturated carbocycles. The van der Waals surface area contributed by atoms with E-state index in [0.717, 1.165) is 13.0 Å². The topological polar surface area (TPSA) is 139 Å². The van der Waals surface area contributed by atoms with E-state index < -0.39 is 0 Å². The molecule has 0 aliphatic carbocycles. The highest BCUT2D eigenvalue weighted by Gasteiger charge is 2.34. The zero-order valence-electron chi connectivity index (χ0n) is 29.4. The van der Waals surface area contributed by atoms with E-state index in [4.69, 9.17) is 52.1 Å². The minimum Gasteiger partial charge on any atom is -0.379 e. The highest BCUT2D eigenvalue weighted by Crippen LogP contribution is 2.21. The van der Waals surface area contributed by atoms with Crippen LogP contribution >= 0.6 is 0 Å². The smallest absolute Gasteiger partial charge is 0.261 e. The van der Waals surface area contributed by atoms with Crippen molar-refractivity contribution >= 4 is 11.8 Å².